The normalized spacial score (nSPS) is 11.0. The topological polar surface area (TPSA) is 86.9 Å². The molecule has 0 aromatic carbocycles. The van der Waals surface area contributed by atoms with Crippen molar-refractivity contribution < 1.29 is 0 Å². The van der Waals surface area contributed by atoms with Crippen LogP contribution in [0, 0.1) is 0 Å². The van der Waals surface area contributed by atoms with Gasteiger partial charge in [-0.2, -0.15) is 14.6 Å². The average Bonchev–Trinajstić information content (AvgIpc) is 3.17. The Kier molecular flexibility index (Phi) is 2.43. The van der Waals surface area contributed by atoms with Crippen LogP contribution < -0.4 is 5.73 Å². The van der Waals surface area contributed by atoms with Crippen molar-refractivity contribution in [2.75, 3.05) is 5.73 Å². The van der Waals surface area contributed by atoms with Gasteiger partial charge in [-0.15, -0.1) is 5.10 Å². The third kappa shape index (κ3) is 1.91. The van der Waals surface area contributed by atoms with Crippen molar-refractivity contribution in [2.24, 2.45) is 0 Å². The summed E-state index contributed by atoms with van der Waals surface area (Å²) in [6.07, 6.45) is 5.20. The Bertz CT molecular complexity index is 894. The first-order valence-electron chi connectivity index (χ1n) is 6.39. The lowest BCUT2D eigenvalue weighted by molar-refractivity contribution is 0.800. The molecule has 0 fully saturated rings. The SMILES string of the molecule is Nc1cc(-c2ccccn2)cc2nc(-n3cccn3)nn12. The second-order valence-electron chi connectivity index (χ2n) is 4.52. The number of aromatic nitrogens is 6. The summed E-state index contributed by atoms with van der Waals surface area (Å²) >= 11 is 0. The molecule has 0 bridgehead atoms. The van der Waals surface area contributed by atoms with E-state index < -0.39 is 0 Å². The van der Waals surface area contributed by atoms with Crippen LogP contribution in [-0.2, 0) is 0 Å². The van der Waals surface area contributed by atoms with Gasteiger partial charge in [0.15, 0.2) is 5.65 Å². The van der Waals surface area contributed by atoms with Gasteiger partial charge in [-0.3, -0.25) is 4.98 Å². The molecule has 0 saturated carbocycles. The van der Waals surface area contributed by atoms with Crippen molar-refractivity contribution in [1.82, 2.24) is 29.4 Å². The van der Waals surface area contributed by atoms with E-state index in [0.717, 1.165) is 11.3 Å². The molecule has 102 valence electrons. The number of nitrogen functional groups attached to an aromatic ring is 1. The Morgan fingerprint density at radius 2 is 2.00 bits per heavy atom. The van der Waals surface area contributed by atoms with Gasteiger partial charge in [0.05, 0.1) is 5.69 Å². The minimum Gasteiger partial charge on any atom is -0.384 e. The van der Waals surface area contributed by atoms with E-state index in [1.54, 1.807) is 27.8 Å². The standard InChI is InChI=1S/C14H11N7/c15-12-8-10(11-4-1-2-5-16-11)9-13-18-14(19-21(12)13)20-7-3-6-17-20/h1-9H,15H2. The van der Waals surface area contributed by atoms with Gasteiger partial charge in [0.2, 0.25) is 0 Å². The molecule has 0 aliphatic rings. The lowest BCUT2D eigenvalue weighted by Crippen LogP contribution is -2.01. The minimum atomic E-state index is 0.477. The summed E-state index contributed by atoms with van der Waals surface area (Å²) in [6.45, 7) is 0. The lowest BCUT2D eigenvalue weighted by Gasteiger charge is -2.03. The fourth-order valence-corrected chi connectivity index (χ4v) is 2.16. The van der Waals surface area contributed by atoms with E-state index in [1.807, 2.05) is 36.4 Å². The van der Waals surface area contributed by atoms with Crippen molar-refractivity contribution in [1.29, 1.82) is 0 Å². The van der Waals surface area contributed by atoms with Crippen LogP contribution in [0.4, 0.5) is 5.82 Å². The van der Waals surface area contributed by atoms with Gasteiger partial charge in [0, 0.05) is 24.2 Å². The molecule has 0 aliphatic carbocycles. The molecule has 21 heavy (non-hydrogen) atoms. The largest absolute Gasteiger partial charge is 0.384 e. The van der Waals surface area contributed by atoms with E-state index >= 15 is 0 Å². The molecule has 4 rings (SSSR count). The second-order valence-corrected chi connectivity index (χ2v) is 4.52. The fourth-order valence-electron chi connectivity index (χ4n) is 2.16. The predicted octanol–water partition coefficient (Wildman–Crippen LogP) is 1.56. The number of hydrogen-bond donors (Lipinski definition) is 1. The number of anilines is 1. The summed E-state index contributed by atoms with van der Waals surface area (Å²) in [5, 5.41) is 8.47. The van der Waals surface area contributed by atoms with E-state index in [1.165, 1.54) is 0 Å². The zero-order valence-electron chi connectivity index (χ0n) is 11.0. The molecule has 0 amide bonds. The highest BCUT2D eigenvalue weighted by molar-refractivity contribution is 5.68. The van der Waals surface area contributed by atoms with Gasteiger partial charge >= 0.3 is 0 Å². The van der Waals surface area contributed by atoms with E-state index in [0.29, 0.717) is 17.4 Å². The first kappa shape index (κ1) is 11.6. The van der Waals surface area contributed by atoms with E-state index in [2.05, 4.69) is 20.2 Å². The second kappa shape index (κ2) is 4.41. The summed E-state index contributed by atoms with van der Waals surface area (Å²) in [5.74, 6) is 0.976. The van der Waals surface area contributed by atoms with Crippen LogP contribution in [0.3, 0.4) is 0 Å². The highest BCUT2D eigenvalue weighted by Gasteiger charge is 2.10. The third-order valence-electron chi connectivity index (χ3n) is 3.12. The highest BCUT2D eigenvalue weighted by Crippen LogP contribution is 2.21. The van der Waals surface area contributed by atoms with Gasteiger partial charge in [0.1, 0.15) is 5.82 Å². The predicted molar refractivity (Wildman–Crippen MR) is 77.8 cm³/mol. The highest BCUT2D eigenvalue weighted by atomic mass is 15.4. The third-order valence-corrected chi connectivity index (χ3v) is 3.12. The lowest BCUT2D eigenvalue weighted by atomic mass is 10.2. The number of nitrogens with two attached hydrogens (primary N) is 1. The molecule has 7 heteroatoms. The van der Waals surface area contributed by atoms with Crippen molar-refractivity contribution in [2.45, 2.75) is 0 Å². The van der Waals surface area contributed by atoms with Gasteiger partial charge in [-0.05, 0) is 30.3 Å². The van der Waals surface area contributed by atoms with Crippen LogP contribution in [0.2, 0.25) is 0 Å². The quantitative estimate of drug-likeness (QED) is 0.600. The number of hydrogen-bond acceptors (Lipinski definition) is 5. The summed E-state index contributed by atoms with van der Waals surface area (Å²) in [6, 6.07) is 11.3. The summed E-state index contributed by atoms with van der Waals surface area (Å²) in [4.78, 5) is 8.77. The van der Waals surface area contributed by atoms with E-state index in [9.17, 15) is 0 Å². The van der Waals surface area contributed by atoms with E-state index in [4.69, 9.17) is 5.73 Å². The molecule has 0 unspecified atom stereocenters. The number of pyridine rings is 2. The molecule has 2 N–H and O–H groups in total. The summed E-state index contributed by atoms with van der Waals surface area (Å²) in [5.41, 5.74) is 8.46. The number of nitrogens with zero attached hydrogens (tertiary/aromatic N) is 6. The number of fused-ring (bicyclic) bond motifs is 1. The number of rotatable bonds is 2. The zero-order valence-corrected chi connectivity index (χ0v) is 11.0. The monoisotopic (exact) mass is 277 g/mol. The molecule has 0 saturated heterocycles. The fraction of sp³-hybridized carbons (Fsp3) is 0. The van der Waals surface area contributed by atoms with Crippen LogP contribution in [0.25, 0.3) is 22.9 Å². The summed E-state index contributed by atoms with van der Waals surface area (Å²) < 4.78 is 3.18. The molecule has 4 aromatic rings. The molecule has 4 aromatic heterocycles. The maximum Gasteiger partial charge on any atom is 0.270 e. The molecule has 0 spiro atoms. The Balaban J connectivity index is 1.90. The van der Waals surface area contributed by atoms with Gasteiger partial charge in [0.25, 0.3) is 5.95 Å². The van der Waals surface area contributed by atoms with Crippen LogP contribution in [-0.4, -0.2) is 29.4 Å². The van der Waals surface area contributed by atoms with Crippen molar-refractivity contribution in [3.8, 4) is 17.2 Å². The van der Waals surface area contributed by atoms with Crippen LogP contribution in [0.1, 0.15) is 0 Å². The Morgan fingerprint density at radius 1 is 1.05 bits per heavy atom. The Hall–Kier alpha value is -3.22. The van der Waals surface area contributed by atoms with Crippen LogP contribution in [0.5, 0.6) is 0 Å². The summed E-state index contributed by atoms with van der Waals surface area (Å²) in [7, 11) is 0. The smallest absolute Gasteiger partial charge is 0.270 e. The van der Waals surface area contributed by atoms with Crippen molar-refractivity contribution >= 4 is 11.5 Å². The minimum absolute atomic E-state index is 0.477. The van der Waals surface area contributed by atoms with Gasteiger partial charge < -0.3 is 5.73 Å². The zero-order chi connectivity index (χ0) is 14.2. The average molecular weight is 277 g/mol. The molecule has 4 heterocycles. The van der Waals surface area contributed by atoms with Crippen molar-refractivity contribution in [3.05, 3.63) is 55.0 Å². The molecule has 0 radical (unpaired) electrons. The van der Waals surface area contributed by atoms with Crippen molar-refractivity contribution in [3.63, 3.8) is 0 Å². The Labute approximate surface area is 119 Å². The van der Waals surface area contributed by atoms with Gasteiger partial charge in [-0.1, -0.05) is 6.07 Å². The molecule has 0 aliphatic heterocycles. The molecular weight excluding hydrogens is 266 g/mol. The first-order valence-corrected chi connectivity index (χ1v) is 6.39. The molecule has 0 atom stereocenters. The first-order chi connectivity index (χ1) is 10.3. The van der Waals surface area contributed by atoms with Crippen LogP contribution in [0.15, 0.2) is 55.0 Å². The maximum atomic E-state index is 6.06. The van der Waals surface area contributed by atoms with Crippen LogP contribution >= 0.6 is 0 Å². The molecule has 7 nitrogen and oxygen atoms in total. The Morgan fingerprint density at radius 3 is 2.76 bits per heavy atom. The maximum absolute atomic E-state index is 6.06. The molecular formula is C14H11N7. The van der Waals surface area contributed by atoms with Gasteiger partial charge in [-0.25, -0.2) is 4.68 Å². The van der Waals surface area contributed by atoms with E-state index in [-0.39, 0.29) is 0 Å².